The van der Waals surface area contributed by atoms with Gasteiger partial charge in [-0.05, 0) is 56.5 Å². The van der Waals surface area contributed by atoms with Gasteiger partial charge >= 0.3 is 0 Å². The van der Waals surface area contributed by atoms with Crippen molar-refractivity contribution in [2.45, 2.75) is 44.8 Å². The SMILES string of the molecule is CN=C(NCC1CCCN(Cc2cccs2)C1)NCC1(C)CCCO1.I. The van der Waals surface area contributed by atoms with Crippen molar-refractivity contribution in [3.05, 3.63) is 22.4 Å². The lowest BCUT2D eigenvalue weighted by atomic mass is 9.98. The third-order valence-electron chi connectivity index (χ3n) is 5.27. The molecule has 148 valence electrons. The normalized spacial score (nSPS) is 27.2. The lowest BCUT2D eigenvalue weighted by Crippen LogP contribution is -2.48. The topological polar surface area (TPSA) is 48.9 Å². The minimum Gasteiger partial charge on any atom is -0.373 e. The average molecular weight is 492 g/mol. The highest BCUT2D eigenvalue weighted by Gasteiger charge is 2.29. The predicted molar refractivity (Wildman–Crippen MR) is 121 cm³/mol. The zero-order valence-corrected chi connectivity index (χ0v) is 19.1. The molecule has 5 nitrogen and oxygen atoms in total. The lowest BCUT2D eigenvalue weighted by Gasteiger charge is -2.33. The van der Waals surface area contributed by atoms with Gasteiger partial charge in [0.2, 0.25) is 0 Å². The molecule has 0 spiro atoms. The molecule has 2 atom stereocenters. The van der Waals surface area contributed by atoms with E-state index >= 15 is 0 Å². The van der Waals surface area contributed by atoms with Crippen LogP contribution in [-0.4, -0.2) is 56.3 Å². The fourth-order valence-electron chi connectivity index (χ4n) is 3.79. The van der Waals surface area contributed by atoms with Crippen LogP contribution >= 0.6 is 35.3 Å². The number of rotatable bonds is 6. The molecule has 0 saturated carbocycles. The summed E-state index contributed by atoms with van der Waals surface area (Å²) < 4.78 is 5.84. The Balaban J connectivity index is 0.00000243. The van der Waals surface area contributed by atoms with Crippen LogP contribution < -0.4 is 10.6 Å². The summed E-state index contributed by atoms with van der Waals surface area (Å²) in [4.78, 5) is 8.43. The summed E-state index contributed by atoms with van der Waals surface area (Å²) in [6.45, 7) is 8.35. The van der Waals surface area contributed by atoms with E-state index in [4.69, 9.17) is 4.74 Å². The highest BCUT2D eigenvalue weighted by atomic mass is 127. The van der Waals surface area contributed by atoms with Crippen LogP contribution in [0.1, 0.15) is 37.5 Å². The zero-order valence-electron chi connectivity index (χ0n) is 16.0. The van der Waals surface area contributed by atoms with Crippen LogP contribution in [0.25, 0.3) is 0 Å². The second-order valence-corrected chi connectivity index (χ2v) is 8.56. The second-order valence-electron chi connectivity index (χ2n) is 7.53. The lowest BCUT2D eigenvalue weighted by molar-refractivity contribution is 0.0242. The summed E-state index contributed by atoms with van der Waals surface area (Å²) >= 11 is 1.86. The summed E-state index contributed by atoms with van der Waals surface area (Å²) in [6, 6.07) is 4.39. The number of likely N-dealkylation sites (tertiary alicyclic amines) is 1. The van der Waals surface area contributed by atoms with Gasteiger partial charge in [0.25, 0.3) is 0 Å². The van der Waals surface area contributed by atoms with E-state index in [-0.39, 0.29) is 29.6 Å². The molecule has 0 bridgehead atoms. The maximum Gasteiger partial charge on any atom is 0.191 e. The van der Waals surface area contributed by atoms with E-state index in [0.717, 1.165) is 45.0 Å². The van der Waals surface area contributed by atoms with E-state index in [9.17, 15) is 0 Å². The second kappa shape index (κ2) is 10.8. The summed E-state index contributed by atoms with van der Waals surface area (Å²) in [6.07, 6.45) is 4.87. The van der Waals surface area contributed by atoms with E-state index in [1.807, 2.05) is 18.4 Å². The molecule has 2 N–H and O–H groups in total. The number of hydrogen-bond donors (Lipinski definition) is 2. The first-order chi connectivity index (χ1) is 12.2. The van der Waals surface area contributed by atoms with Gasteiger partial charge in [0.15, 0.2) is 5.96 Å². The van der Waals surface area contributed by atoms with Crippen molar-refractivity contribution >= 4 is 41.3 Å². The zero-order chi connectivity index (χ0) is 17.5. The van der Waals surface area contributed by atoms with Gasteiger partial charge in [-0.15, -0.1) is 35.3 Å². The van der Waals surface area contributed by atoms with Crippen LogP contribution in [0.4, 0.5) is 0 Å². The van der Waals surface area contributed by atoms with Crippen molar-refractivity contribution in [3.8, 4) is 0 Å². The minimum atomic E-state index is -0.0417. The molecule has 0 radical (unpaired) electrons. The Morgan fingerprint density at radius 1 is 1.42 bits per heavy atom. The van der Waals surface area contributed by atoms with Crippen LogP contribution in [0.3, 0.4) is 0 Å². The number of aliphatic imine (C=N–C) groups is 1. The molecule has 0 amide bonds. The molecule has 1 aromatic rings. The van der Waals surface area contributed by atoms with Gasteiger partial charge in [-0.2, -0.15) is 0 Å². The highest BCUT2D eigenvalue weighted by molar-refractivity contribution is 14.0. The van der Waals surface area contributed by atoms with Crippen molar-refractivity contribution < 1.29 is 4.74 Å². The van der Waals surface area contributed by atoms with Gasteiger partial charge in [-0.1, -0.05) is 6.07 Å². The van der Waals surface area contributed by atoms with E-state index in [2.05, 4.69) is 45.0 Å². The van der Waals surface area contributed by atoms with E-state index < -0.39 is 0 Å². The quantitative estimate of drug-likeness (QED) is 0.364. The monoisotopic (exact) mass is 492 g/mol. The van der Waals surface area contributed by atoms with E-state index in [1.54, 1.807) is 0 Å². The van der Waals surface area contributed by atoms with Crippen molar-refractivity contribution in [1.29, 1.82) is 0 Å². The number of nitrogens with zero attached hydrogens (tertiary/aromatic N) is 2. The van der Waals surface area contributed by atoms with Gasteiger partial charge in [-0.25, -0.2) is 0 Å². The van der Waals surface area contributed by atoms with E-state index in [1.165, 1.54) is 30.8 Å². The summed E-state index contributed by atoms with van der Waals surface area (Å²) in [5.41, 5.74) is -0.0417. The average Bonchev–Trinajstić information content (AvgIpc) is 3.28. The Bertz CT molecular complexity index is 546. The molecule has 2 saturated heterocycles. The molecule has 3 heterocycles. The maximum atomic E-state index is 5.84. The number of hydrogen-bond acceptors (Lipinski definition) is 4. The van der Waals surface area contributed by atoms with Crippen molar-refractivity contribution in [1.82, 2.24) is 15.5 Å². The number of thiophene rings is 1. The molecule has 3 rings (SSSR count). The number of ether oxygens (including phenoxy) is 1. The fourth-order valence-corrected chi connectivity index (χ4v) is 4.54. The molecule has 0 aliphatic carbocycles. The van der Waals surface area contributed by atoms with Gasteiger partial charge in [0.05, 0.1) is 5.60 Å². The van der Waals surface area contributed by atoms with Gasteiger partial charge in [-0.3, -0.25) is 9.89 Å². The maximum absolute atomic E-state index is 5.84. The summed E-state index contributed by atoms with van der Waals surface area (Å²) in [7, 11) is 1.84. The predicted octanol–water partition coefficient (Wildman–Crippen LogP) is 3.31. The molecular formula is C19H33IN4OS. The highest BCUT2D eigenvalue weighted by Crippen LogP contribution is 2.24. The first kappa shape index (κ1) is 21.9. The van der Waals surface area contributed by atoms with Crippen LogP contribution in [0.15, 0.2) is 22.5 Å². The van der Waals surface area contributed by atoms with Gasteiger partial charge in [0.1, 0.15) is 0 Å². The molecule has 2 unspecified atom stereocenters. The van der Waals surface area contributed by atoms with Gasteiger partial charge in [0, 0.05) is 44.7 Å². The summed E-state index contributed by atoms with van der Waals surface area (Å²) in [5, 5.41) is 9.13. The standard InChI is InChI=1S/C19H32N4OS.HI/c1-19(8-5-10-24-19)15-22-18(20-2)21-12-16-6-3-9-23(13-16)14-17-7-4-11-25-17;/h4,7,11,16H,3,5-6,8-10,12-15H2,1-2H3,(H2,20,21,22);1H. The van der Waals surface area contributed by atoms with E-state index in [0.29, 0.717) is 5.92 Å². The van der Waals surface area contributed by atoms with Crippen molar-refractivity contribution in [2.75, 3.05) is 39.8 Å². The largest absolute Gasteiger partial charge is 0.373 e. The fraction of sp³-hybridized carbons (Fsp3) is 0.737. The Labute approximate surface area is 179 Å². The molecule has 26 heavy (non-hydrogen) atoms. The Morgan fingerprint density at radius 2 is 2.31 bits per heavy atom. The van der Waals surface area contributed by atoms with Crippen LogP contribution in [0.5, 0.6) is 0 Å². The first-order valence-electron chi connectivity index (χ1n) is 9.50. The molecule has 0 aromatic carbocycles. The Hall–Kier alpha value is -0.380. The molecule has 1 aromatic heterocycles. The molecule has 7 heteroatoms. The Morgan fingerprint density at radius 3 is 3.00 bits per heavy atom. The number of guanidine groups is 1. The third-order valence-corrected chi connectivity index (χ3v) is 6.14. The van der Waals surface area contributed by atoms with Crippen molar-refractivity contribution in [2.24, 2.45) is 10.9 Å². The molecule has 2 aliphatic rings. The summed E-state index contributed by atoms with van der Waals surface area (Å²) in [5.74, 6) is 1.58. The van der Waals surface area contributed by atoms with Crippen LogP contribution in [-0.2, 0) is 11.3 Å². The van der Waals surface area contributed by atoms with Crippen LogP contribution in [0, 0.1) is 5.92 Å². The van der Waals surface area contributed by atoms with Gasteiger partial charge < -0.3 is 15.4 Å². The number of halogens is 1. The Kier molecular flexibility index (Phi) is 9.12. The number of nitrogens with one attached hydrogen (secondary N) is 2. The third kappa shape index (κ3) is 6.65. The molecule has 2 aliphatic heterocycles. The minimum absolute atomic E-state index is 0. The first-order valence-corrected chi connectivity index (χ1v) is 10.4. The molecular weight excluding hydrogens is 459 g/mol. The van der Waals surface area contributed by atoms with Crippen molar-refractivity contribution in [3.63, 3.8) is 0 Å². The number of piperidine rings is 1. The smallest absolute Gasteiger partial charge is 0.191 e. The van der Waals surface area contributed by atoms with Crippen LogP contribution in [0.2, 0.25) is 0 Å². The molecule has 2 fully saturated rings.